The maximum absolute atomic E-state index is 12.7. The average molecular weight is 467 g/mol. The first-order valence-corrected chi connectivity index (χ1v) is 12.6. The van der Waals surface area contributed by atoms with E-state index in [9.17, 15) is 13.2 Å². The summed E-state index contributed by atoms with van der Waals surface area (Å²) in [4.78, 5) is 12.7. The summed E-state index contributed by atoms with van der Waals surface area (Å²) in [6.07, 6.45) is 1.24. The lowest BCUT2D eigenvalue weighted by molar-refractivity contribution is 0.102. The van der Waals surface area contributed by atoms with Gasteiger partial charge in [0.05, 0.1) is 24.6 Å². The molecule has 3 rings (SSSR count). The molecule has 0 unspecified atom stereocenters. The van der Waals surface area contributed by atoms with Crippen LogP contribution in [0, 0.1) is 13.8 Å². The highest BCUT2D eigenvalue weighted by molar-refractivity contribution is 7.92. The van der Waals surface area contributed by atoms with E-state index >= 15 is 0 Å². The molecular formula is C26H30N2O4S. The van der Waals surface area contributed by atoms with Crippen LogP contribution in [-0.2, 0) is 16.6 Å². The lowest BCUT2D eigenvalue weighted by Crippen LogP contribution is -2.30. The van der Waals surface area contributed by atoms with Crippen LogP contribution in [-0.4, -0.2) is 26.7 Å². The molecule has 0 spiro atoms. The predicted octanol–water partition coefficient (Wildman–Crippen LogP) is 5.31. The van der Waals surface area contributed by atoms with E-state index in [1.807, 2.05) is 58.0 Å². The van der Waals surface area contributed by atoms with Crippen molar-refractivity contribution in [2.45, 2.75) is 40.3 Å². The van der Waals surface area contributed by atoms with E-state index in [0.29, 0.717) is 22.7 Å². The topological polar surface area (TPSA) is 75.7 Å². The van der Waals surface area contributed by atoms with Crippen LogP contribution in [0.3, 0.4) is 0 Å². The molecule has 0 atom stereocenters. The second-order valence-electron chi connectivity index (χ2n) is 8.41. The Labute approximate surface area is 196 Å². The molecule has 0 radical (unpaired) electrons. The number of carbonyl (C=O) groups excluding carboxylic acids is 1. The first-order valence-electron chi connectivity index (χ1n) is 10.7. The summed E-state index contributed by atoms with van der Waals surface area (Å²) < 4.78 is 32.1. The maximum atomic E-state index is 12.7. The number of ether oxygens (including phenoxy) is 1. The number of nitrogens with zero attached hydrogens (tertiary/aromatic N) is 1. The number of rotatable bonds is 8. The molecule has 0 heterocycles. The molecule has 1 N–H and O–H groups in total. The zero-order valence-corrected chi connectivity index (χ0v) is 20.4. The highest BCUT2D eigenvalue weighted by Gasteiger charge is 2.20. The van der Waals surface area contributed by atoms with E-state index < -0.39 is 10.0 Å². The highest BCUT2D eigenvalue weighted by atomic mass is 32.2. The monoisotopic (exact) mass is 466 g/mol. The molecular weight excluding hydrogens is 436 g/mol. The highest BCUT2D eigenvalue weighted by Crippen LogP contribution is 2.26. The van der Waals surface area contributed by atoms with Gasteiger partial charge in [-0.05, 0) is 74.7 Å². The van der Waals surface area contributed by atoms with Crippen molar-refractivity contribution in [1.29, 1.82) is 0 Å². The summed E-state index contributed by atoms with van der Waals surface area (Å²) in [6, 6.07) is 19.9. The fourth-order valence-electron chi connectivity index (χ4n) is 3.42. The van der Waals surface area contributed by atoms with E-state index in [2.05, 4.69) is 5.32 Å². The molecule has 6 nitrogen and oxygen atoms in total. The Kier molecular flexibility index (Phi) is 7.43. The molecule has 0 aromatic heterocycles. The van der Waals surface area contributed by atoms with Crippen molar-refractivity contribution in [1.82, 2.24) is 0 Å². The van der Waals surface area contributed by atoms with Gasteiger partial charge in [-0.3, -0.25) is 9.10 Å². The second-order valence-corrected chi connectivity index (χ2v) is 10.3. The molecule has 0 aliphatic heterocycles. The quantitative estimate of drug-likeness (QED) is 0.488. The number of nitrogens with one attached hydrogen (secondary N) is 1. The number of anilines is 2. The second kappa shape index (κ2) is 10.1. The minimum absolute atomic E-state index is 0.0404. The summed E-state index contributed by atoms with van der Waals surface area (Å²) in [7, 11) is -3.49. The number of benzene rings is 3. The van der Waals surface area contributed by atoms with Crippen molar-refractivity contribution in [2.24, 2.45) is 0 Å². The van der Waals surface area contributed by atoms with Gasteiger partial charge in [0.2, 0.25) is 10.0 Å². The van der Waals surface area contributed by atoms with Crippen LogP contribution in [0.5, 0.6) is 5.75 Å². The van der Waals surface area contributed by atoms with Crippen molar-refractivity contribution in [3.05, 3.63) is 89.0 Å². The average Bonchev–Trinajstić information content (AvgIpc) is 2.73. The Balaban J connectivity index is 1.76. The van der Waals surface area contributed by atoms with E-state index in [1.165, 1.54) is 10.6 Å². The summed E-state index contributed by atoms with van der Waals surface area (Å²) in [5.74, 6) is 0.434. The smallest absolute Gasteiger partial charge is 0.255 e. The van der Waals surface area contributed by atoms with Crippen LogP contribution in [0.15, 0.2) is 66.7 Å². The largest absolute Gasteiger partial charge is 0.491 e. The van der Waals surface area contributed by atoms with Gasteiger partial charge in [-0.25, -0.2) is 8.42 Å². The van der Waals surface area contributed by atoms with E-state index in [0.717, 1.165) is 16.7 Å². The first kappa shape index (κ1) is 24.3. The molecule has 0 bridgehead atoms. The van der Waals surface area contributed by atoms with Crippen molar-refractivity contribution in [2.75, 3.05) is 15.9 Å². The summed E-state index contributed by atoms with van der Waals surface area (Å²) >= 11 is 0. The molecule has 0 saturated heterocycles. The van der Waals surface area contributed by atoms with Gasteiger partial charge < -0.3 is 10.1 Å². The van der Waals surface area contributed by atoms with Gasteiger partial charge in [-0.15, -0.1) is 0 Å². The van der Waals surface area contributed by atoms with Crippen molar-refractivity contribution in [3.63, 3.8) is 0 Å². The number of hydrogen-bond acceptors (Lipinski definition) is 4. The first-order chi connectivity index (χ1) is 15.5. The maximum Gasteiger partial charge on any atom is 0.255 e. The number of sulfonamides is 1. The summed E-state index contributed by atoms with van der Waals surface area (Å²) in [6.45, 7) is 7.89. The molecule has 33 heavy (non-hydrogen) atoms. The van der Waals surface area contributed by atoms with Gasteiger partial charge in [-0.2, -0.15) is 0 Å². The zero-order valence-electron chi connectivity index (χ0n) is 19.6. The van der Waals surface area contributed by atoms with Crippen LogP contribution < -0.4 is 14.4 Å². The Hall–Kier alpha value is -3.32. The fourth-order valence-corrected chi connectivity index (χ4v) is 4.36. The zero-order chi connectivity index (χ0) is 24.2. The number of amides is 1. The molecule has 0 aliphatic rings. The Morgan fingerprint density at radius 3 is 2.33 bits per heavy atom. The molecule has 0 saturated carbocycles. The molecule has 1 amide bonds. The third kappa shape index (κ3) is 6.58. The molecule has 3 aromatic rings. The Bertz CT molecular complexity index is 1240. The minimum Gasteiger partial charge on any atom is -0.491 e. The third-order valence-corrected chi connectivity index (χ3v) is 6.17. The molecule has 3 aromatic carbocycles. The van der Waals surface area contributed by atoms with Gasteiger partial charge >= 0.3 is 0 Å². The number of aryl methyl sites for hydroxylation is 2. The van der Waals surface area contributed by atoms with Crippen molar-refractivity contribution < 1.29 is 17.9 Å². The van der Waals surface area contributed by atoms with Crippen LogP contribution >= 0.6 is 0 Å². The summed E-state index contributed by atoms with van der Waals surface area (Å²) in [5.41, 5.74) is 4.42. The number of carbonyl (C=O) groups is 1. The Morgan fingerprint density at radius 1 is 1.00 bits per heavy atom. The van der Waals surface area contributed by atoms with Gasteiger partial charge in [-0.1, -0.05) is 30.3 Å². The third-order valence-electron chi connectivity index (χ3n) is 5.04. The van der Waals surface area contributed by atoms with Gasteiger partial charge in [0.25, 0.3) is 5.91 Å². The van der Waals surface area contributed by atoms with E-state index in [4.69, 9.17) is 4.74 Å². The number of hydrogen-bond donors (Lipinski definition) is 1. The van der Waals surface area contributed by atoms with Crippen LogP contribution in [0.2, 0.25) is 0 Å². The lowest BCUT2D eigenvalue weighted by atomic mass is 10.1. The van der Waals surface area contributed by atoms with Crippen LogP contribution in [0.4, 0.5) is 11.4 Å². The molecule has 0 fully saturated rings. The summed E-state index contributed by atoms with van der Waals surface area (Å²) in [5, 5.41) is 2.87. The fraction of sp³-hybridized carbons (Fsp3) is 0.269. The SMILES string of the molecule is Cc1ccc(C)c(N(Cc2ccc(C(=O)Nc3cccc(OC(C)C)c3)cc2)S(C)(=O)=O)c1. The lowest BCUT2D eigenvalue weighted by Gasteiger charge is -2.25. The van der Waals surface area contributed by atoms with Crippen molar-refractivity contribution in [3.8, 4) is 5.75 Å². The predicted molar refractivity (Wildman–Crippen MR) is 134 cm³/mol. The van der Waals surface area contributed by atoms with Crippen LogP contribution in [0.25, 0.3) is 0 Å². The van der Waals surface area contributed by atoms with Crippen molar-refractivity contribution >= 4 is 27.3 Å². The van der Waals surface area contributed by atoms with Gasteiger partial charge in [0.15, 0.2) is 0 Å². The van der Waals surface area contributed by atoms with E-state index in [1.54, 1.807) is 36.4 Å². The van der Waals surface area contributed by atoms with Gasteiger partial charge in [0.1, 0.15) is 5.75 Å². The molecule has 0 aliphatic carbocycles. The van der Waals surface area contributed by atoms with Crippen LogP contribution in [0.1, 0.15) is 40.9 Å². The standard InChI is InChI=1S/C26H30N2O4S/c1-18(2)32-24-8-6-7-23(16-24)27-26(29)22-13-11-21(12-14-22)17-28(33(5,30)31)25-15-19(3)9-10-20(25)4/h6-16,18H,17H2,1-5H3,(H,27,29). The molecule has 174 valence electrons. The Morgan fingerprint density at radius 2 is 1.70 bits per heavy atom. The minimum atomic E-state index is -3.49. The normalized spacial score (nSPS) is 11.3. The van der Waals surface area contributed by atoms with E-state index in [-0.39, 0.29) is 18.6 Å². The molecule has 7 heteroatoms. The van der Waals surface area contributed by atoms with Gasteiger partial charge in [0, 0.05) is 17.3 Å².